The topological polar surface area (TPSA) is 96.4 Å². The number of likely N-dealkylation sites (tertiary alicyclic amines) is 1. The molecule has 8 nitrogen and oxygen atoms in total. The number of benzene rings is 1. The number of amides is 2. The largest absolute Gasteiger partial charge is 0.465 e. The summed E-state index contributed by atoms with van der Waals surface area (Å²) >= 11 is 0. The van der Waals surface area contributed by atoms with Crippen LogP contribution in [0, 0.1) is 25.7 Å². The van der Waals surface area contributed by atoms with Crippen molar-refractivity contribution in [2.75, 3.05) is 31.2 Å². The second-order valence-electron chi connectivity index (χ2n) is 10.7. The lowest BCUT2D eigenvalue weighted by atomic mass is 9.65. The van der Waals surface area contributed by atoms with E-state index in [9.17, 15) is 19.5 Å². The predicted octanol–water partition coefficient (Wildman–Crippen LogP) is 3.48. The van der Waals surface area contributed by atoms with E-state index in [-0.39, 0.29) is 38.1 Å². The molecule has 4 rings (SSSR count). The number of fused-ring (bicyclic) bond motifs is 1. The van der Waals surface area contributed by atoms with E-state index in [1.54, 1.807) is 17.1 Å². The molecule has 0 aliphatic carbocycles. The van der Waals surface area contributed by atoms with Crippen LogP contribution in [-0.2, 0) is 23.9 Å². The van der Waals surface area contributed by atoms with Crippen molar-refractivity contribution < 1.29 is 29.0 Å². The van der Waals surface area contributed by atoms with Gasteiger partial charge in [0.25, 0.3) is 5.91 Å². The lowest BCUT2D eigenvalue weighted by molar-refractivity contribution is -0.161. The summed E-state index contributed by atoms with van der Waals surface area (Å²) in [6.45, 7) is 13.6. The van der Waals surface area contributed by atoms with Crippen molar-refractivity contribution in [3.05, 3.63) is 54.6 Å². The summed E-state index contributed by atoms with van der Waals surface area (Å²) in [6.07, 6.45) is 6.36. The van der Waals surface area contributed by atoms with Crippen LogP contribution in [0.1, 0.15) is 50.2 Å². The molecule has 2 unspecified atom stereocenters. The highest BCUT2D eigenvalue weighted by Gasteiger charge is 2.79. The van der Waals surface area contributed by atoms with E-state index in [2.05, 4.69) is 13.2 Å². The molecule has 3 heterocycles. The molecule has 3 saturated heterocycles. The monoisotopic (exact) mass is 524 g/mol. The number of esters is 1. The number of hydrogen-bond donors (Lipinski definition) is 1. The van der Waals surface area contributed by atoms with Crippen LogP contribution in [0.2, 0.25) is 0 Å². The molecule has 3 aliphatic heterocycles. The summed E-state index contributed by atoms with van der Waals surface area (Å²) in [5.74, 6) is -2.72. The summed E-state index contributed by atoms with van der Waals surface area (Å²) in [6, 6.07) is 4.85. The van der Waals surface area contributed by atoms with Gasteiger partial charge in [-0.25, -0.2) is 0 Å². The first kappa shape index (κ1) is 28.0. The Kier molecular flexibility index (Phi) is 8.14. The minimum atomic E-state index is -1.17. The van der Waals surface area contributed by atoms with Gasteiger partial charge in [-0.05, 0) is 57.1 Å². The average molecular weight is 525 g/mol. The lowest BCUT2D eigenvalue weighted by Crippen LogP contribution is -2.57. The average Bonchev–Trinajstić information content (AvgIpc) is 3.49. The molecule has 0 saturated carbocycles. The Balaban J connectivity index is 1.77. The molecular formula is C30H40N2O6. The maximum Gasteiger partial charge on any atom is 0.312 e. The second-order valence-corrected chi connectivity index (χ2v) is 10.7. The van der Waals surface area contributed by atoms with E-state index >= 15 is 0 Å². The number of unbranched alkanes of at least 4 members (excludes halogenated alkanes) is 1. The number of aliphatic hydroxyl groups is 1. The molecule has 1 spiro atoms. The molecule has 8 heteroatoms. The van der Waals surface area contributed by atoms with E-state index in [0.29, 0.717) is 25.7 Å². The zero-order valence-electron chi connectivity index (χ0n) is 22.8. The minimum absolute atomic E-state index is 0.0221. The van der Waals surface area contributed by atoms with Crippen molar-refractivity contribution in [3.63, 3.8) is 0 Å². The van der Waals surface area contributed by atoms with E-state index in [1.165, 1.54) is 4.90 Å². The number of anilines is 1. The summed E-state index contributed by atoms with van der Waals surface area (Å²) in [4.78, 5) is 45.1. The highest BCUT2D eigenvalue weighted by atomic mass is 16.6. The van der Waals surface area contributed by atoms with Crippen molar-refractivity contribution in [3.8, 4) is 0 Å². The molecule has 1 aromatic rings. The summed E-state index contributed by atoms with van der Waals surface area (Å²) in [7, 11) is 0. The number of rotatable bonds is 12. The van der Waals surface area contributed by atoms with Crippen molar-refractivity contribution in [1.29, 1.82) is 0 Å². The molecule has 0 radical (unpaired) electrons. The highest BCUT2D eigenvalue weighted by Crippen LogP contribution is 2.64. The zero-order valence-corrected chi connectivity index (χ0v) is 22.8. The van der Waals surface area contributed by atoms with Gasteiger partial charge in [-0.3, -0.25) is 14.4 Å². The molecule has 206 valence electrons. The molecular weight excluding hydrogens is 484 g/mol. The van der Waals surface area contributed by atoms with Crippen LogP contribution in [0.25, 0.3) is 0 Å². The third-order valence-electron chi connectivity index (χ3n) is 8.59. The molecule has 2 bridgehead atoms. The van der Waals surface area contributed by atoms with Gasteiger partial charge in [-0.15, -0.1) is 13.2 Å². The summed E-state index contributed by atoms with van der Waals surface area (Å²) in [5.41, 5.74) is 0.594. The molecule has 5 atom stereocenters. The molecule has 1 N–H and O–H groups in total. The molecule has 2 amide bonds. The number of allylic oxidation sites excluding steroid dienone is 1. The van der Waals surface area contributed by atoms with Gasteiger partial charge in [-0.2, -0.15) is 0 Å². The highest BCUT2D eigenvalue weighted by molar-refractivity contribution is 6.05. The van der Waals surface area contributed by atoms with E-state index in [1.807, 2.05) is 39.0 Å². The third-order valence-corrected chi connectivity index (χ3v) is 8.59. The Morgan fingerprint density at radius 3 is 2.55 bits per heavy atom. The first-order chi connectivity index (χ1) is 18.2. The fourth-order valence-corrected chi connectivity index (χ4v) is 6.99. The zero-order chi connectivity index (χ0) is 27.7. The van der Waals surface area contributed by atoms with E-state index < -0.39 is 35.0 Å². The van der Waals surface area contributed by atoms with Gasteiger partial charge < -0.3 is 24.4 Å². The van der Waals surface area contributed by atoms with Gasteiger partial charge in [0.1, 0.15) is 17.6 Å². The number of ether oxygens (including phenoxy) is 2. The first-order valence-electron chi connectivity index (χ1n) is 13.6. The molecule has 38 heavy (non-hydrogen) atoms. The normalized spacial score (nSPS) is 29.3. The van der Waals surface area contributed by atoms with Gasteiger partial charge in [0.15, 0.2) is 0 Å². The van der Waals surface area contributed by atoms with Gasteiger partial charge in [0.05, 0.1) is 24.7 Å². The summed E-state index contributed by atoms with van der Waals surface area (Å²) < 4.78 is 12.4. The number of carbonyl (C=O) groups excluding carboxylic acids is 3. The van der Waals surface area contributed by atoms with Crippen LogP contribution >= 0.6 is 0 Å². The Bertz CT molecular complexity index is 1100. The molecule has 3 fully saturated rings. The lowest BCUT2D eigenvalue weighted by Gasteiger charge is -2.37. The quantitative estimate of drug-likeness (QED) is 0.256. The van der Waals surface area contributed by atoms with Crippen LogP contribution in [0.4, 0.5) is 5.69 Å². The maximum absolute atomic E-state index is 14.5. The number of nitrogens with zero attached hydrogens (tertiary/aromatic N) is 2. The van der Waals surface area contributed by atoms with Crippen LogP contribution in [0.5, 0.6) is 0 Å². The van der Waals surface area contributed by atoms with Crippen molar-refractivity contribution in [2.24, 2.45) is 11.8 Å². The van der Waals surface area contributed by atoms with Crippen molar-refractivity contribution in [2.45, 2.75) is 70.1 Å². The Morgan fingerprint density at radius 2 is 1.95 bits per heavy atom. The van der Waals surface area contributed by atoms with Crippen LogP contribution < -0.4 is 4.90 Å². The molecule has 0 aromatic heterocycles. The molecule has 1 aromatic carbocycles. The predicted molar refractivity (Wildman–Crippen MR) is 144 cm³/mol. The van der Waals surface area contributed by atoms with Gasteiger partial charge in [0.2, 0.25) is 5.91 Å². The van der Waals surface area contributed by atoms with Crippen molar-refractivity contribution in [1.82, 2.24) is 4.90 Å². The number of hydrogen-bond acceptors (Lipinski definition) is 6. The third kappa shape index (κ3) is 4.28. The molecule has 3 aliphatic rings. The van der Waals surface area contributed by atoms with Crippen LogP contribution in [0.15, 0.2) is 43.5 Å². The number of aryl methyl sites for hydroxylation is 2. The van der Waals surface area contributed by atoms with Gasteiger partial charge in [0, 0.05) is 18.8 Å². The maximum atomic E-state index is 14.5. The van der Waals surface area contributed by atoms with E-state index in [0.717, 1.165) is 23.2 Å². The first-order valence-corrected chi connectivity index (χ1v) is 13.6. The Labute approximate surface area is 225 Å². The number of β-amino-alcohol motifs (C(OH)–C–C–N with tert-alkyl or cyclic N) is 1. The van der Waals surface area contributed by atoms with Crippen LogP contribution in [0.3, 0.4) is 0 Å². The Morgan fingerprint density at radius 1 is 1.24 bits per heavy atom. The second kappa shape index (κ2) is 11.0. The Hall–Kier alpha value is -2.97. The fraction of sp³-hybridized carbons (Fsp3) is 0.567. The SMILES string of the molecule is C=CCCCOC(=O)[C@H]1[C@H]2C(=O)N(CCO)C(C(=O)N(CC=C)c3c(C)cccc3C)C23CC[C@]1(CC)O3. The smallest absolute Gasteiger partial charge is 0.312 e. The summed E-state index contributed by atoms with van der Waals surface area (Å²) in [5, 5.41) is 9.88. The minimum Gasteiger partial charge on any atom is -0.465 e. The van der Waals surface area contributed by atoms with E-state index in [4.69, 9.17) is 9.47 Å². The van der Waals surface area contributed by atoms with Crippen molar-refractivity contribution >= 4 is 23.5 Å². The fourth-order valence-electron chi connectivity index (χ4n) is 6.99. The number of para-hydroxylation sites is 1. The number of aliphatic hydroxyl groups excluding tert-OH is 1. The number of carbonyl (C=O) groups is 3. The standard InChI is InChI=1S/C30H40N2O6/c1-6-9-10-19-37-28(36)23-22-26(34)32(17-18-33)25(30(22)15-14-29(23,8-3)38-30)27(35)31(16-7-2)24-20(4)12-11-13-21(24)5/h6-7,11-13,22-23,25,33H,1-2,8-10,14-19H2,3-5H3/t22-,23+,25?,29-,30?/m0/s1. The van der Waals surface area contributed by atoms with Gasteiger partial charge >= 0.3 is 5.97 Å². The van der Waals surface area contributed by atoms with Gasteiger partial charge in [-0.1, -0.05) is 37.3 Å². The van der Waals surface area contributed by atoms with Crippen LogP contribution in [-0.4, -0.2) is 71.3 Å².